The zero-order valence-electron chi connectivity index (χ0n) is 28.4. The molecule has 0 unspecified atom stereocenters. The highest BCUT2D eigenvalue weighted by Crippen LogP contribution is 2.38. The number of esters is 1. The van der Waals surface area contributed by atoms with Gasteiger partial charge in [0, 0.05) is 21.3 Å². The van der Waals surface area contributed by atoms with E-state index in [-0.39, 0.29) is 17.7 Å². The Morgan fingerprint density at radius 1 is 0.830 bits per heavy atom. The van der Waals surface area contributed by atoms with Gasteiger partial charge in [0.2, 0.25) is 0 Å². The summed E-state index contributed by atoms with van der Waals surface area (Å²) in [6.07, 6.45) is 1.91. The molecule has 1 atom stereocenters. The summed E-state index contributed by atoms with van der Waals surface area (Å²) in [5.74, 6) is -1.02. The number of aromatic nitrogens is 2. The molecule has 0 bridgehead atoms. The van der Waals surface area contributed by atoms with Crippen molar-refractivity contribution in [2.75, 3.05) is 6.61 Å². The van der Waals surface area contributed by atoms with Gasteiger partial charge in [0.15, 0.2) is 4.80 Å². The second-order valence-corrected chi connectivity index (χ2v) is 14.3. The van der Waals surface area contributed by atoms with Gasteiger partial charge in [0.1, 0.15) is 5.82 Å². The maximum Gasteiger partial charge on any atom is 0.338 e. The maximum absolute atomic E-state index is 14.8. The Balaban J connectivity index is 1.43. The number of thiazole rings is 1. The van der Waals surface area contributed by atoms with Gasteiger partial charge in [-0.05, 0) is 72.2 Å². The number of halogens is 2. The van der Waals surface area contributed by atoms with E-state index in [1.54, 1.807) is 19.1 Å². The lowest BCUT2D eigenvalue weighted by Gasteiger charge is -2.25. The number of fused-ring (bicyclic) bond motifs is 1. The number of benzene rings is 5. The molecular formula is C44H31BrFN3O3S. The van der Waals surface area contributed by atoms with Gasteiger partial charge in [-0.2, -0.15) is 0 Å². The molecule has 6 nitrogen and oxygen atoms in total. The van der Waals surface area contributed by atoms with Crippen molar-refractivity contribution in [3.8, 4) is 28.2 Å². The van der Waals surface area contributed by atoms with Crippen LogP contribution in [0.15, 0.2) is 165 Å². The fourth-order valence-electron chi connectivity index (χ4n) is 6.75. The van der Waals surface area contributed by atoms with Gasteiger partial charge in [-0.15, -0.1) is 0 Å². The smallest absolute Gasteiger partial charge is 0.338 e. The quantitative estimate of drug-likeness (QED) is 0.145. The van der Waals surface area contributed by atoms with Gasteiger partial charge in [-0.25, -0.2) is 14.2 Å². The molecule has 0 N–H and O–H groups in total. The zero-order chi connectivity index (χ0) is 36.5. The summed E-state index contributed by atoms with van der Waals surface area (Å²) in [6, 6.07) is 44.8. The van der Waals surface area contributed by atoms with E-state index in [9.17, 15) is 14.0 Å². The molecule has 0 aliphatic carbocycles. The number of rotatable bonds is 8. The van der Waals surface area contributed by atoms with E-state index in [2.05, 4.69) is 63.0 Å². The Labute approximate surface area is 317 Å². The van der Waals surface area contributed by atoms with Crippen LogP contribution in [0.2, 0.25) is 0 Å². The lowest BCUT2D eigenvalue weighted by molar-refractivity contribution is -0.138. The lowest BCUT2D eigenvalue weighted by Crippen LogP contribution is -2.40. The molecule has 0 spiro atoms. The molecular weight excluding hydrogens is 749 g/mol. The standard InChI is InChI=1S/C44H31BrFN3O3S/c1-2-52-43(51)38-39(29-14-8-4-9-15-29)47-44-49(41(38)31-18-22-34(46)23-19-31)42(50)37(53-44)27-32-26-36(28-12-6-3-7-13-28)48(35-24-20-33(45)21-25-35)40(32)30-16-10-5-11-17-30/h3-27,41H,2H2,1H3/b37-27-/t41-/m0/s1. The van der Waals surface area contributed by atoms with Crippen LogP contribution in [0.5, 0.6) is 0 Å². The van der Waals surface area contributed by atoms with Gasteiger partial charge in [0.05, 0.1) is 39.8 Å². The van der Waals surface area contributed by atoms with Crippen molar-refractivity contribution in [3.63, 3.8) is 0 Å². The van der Waals surface area contributed by atoms with Crippen molar-refractivity contribution >= 4 is 45.0 Å². The van der Waals surface area contributed by atoms with Crippen LogP contribution in [0.4, 0.5) is 4.39 Å². The molecule has 3 heterocycles. The molecule has 0 fully saturated rings. The normalized spacial score (nSPS) is 14.2. The van der Waals surface area contributed by atoms with Crippen LogP contribution in [0.3, 0.4) is 0 Å². The van der Waals surface area contributed by atoms with Gasteiger partial charge in [-0.3, -0.25) is 9.36 Å². The molecule has 2 aromatic heterocycles. The Bertz CT molecular complexity index is 2670. The van der Waals surface area contributed by atoms with Crippen LogP contribution in [0, 0.1) is 5.82 Å². The van der Waals surface area contributed by atoms with Gasteiger partial charge in [0.25, 0.3) is 5.56 Å². The summed E-state index contributed by atoms with van der Waals surface area (Å²) in [4.78, 5) is 34.0. The Kier molecular flexibility index (Phi) is 9.43. The van der Waals surface area contributed by atoms with Crippen molar-refractivity contribution in [1.29, 1.82) is 0 Å². The molecule has 53 heavy (non-hydrogen) atoms. The van der Waals surface area contributed by atoms with Crippen molar-refractivity contribution in [2.45, 2.75) is 13.0 Å². The minimum absolute atomic E-state index is 0.131. The largest absolute Gasteiger partial charge is 0.463 e. The van der Waals surface area contributed by atoms with E-state index in [1.165, 1.54) is 28.0 Å². The first-order valence-electron chi connectivity index (χ1n) is 17.1. The molecule has 0 saturated carbocycles. The van der Waals surface area contributed by atoms with Crippen LogP contribution < -0.4 is 14.9 Å². The van der Waals surface area contributed by atoms with Gasteiger partial charge < -0.3 is 9.30 Å². The summed E-state index contributed by atoms with van der Waals surface area (Å²) in [6.45, 7) is 1.86. The van der Waals surface area contributed by atoms with Crippen molar-refractivity contribution < 1.29 is 13.9 Å². The van der Waals surface area contributed by atoms with E-state index >= 15 is 0 Å². The van der Waals surface area contributed by atoms with E-state index in [4.69, 9.17) is 9.73 Å². The van der Waals surface area contributed by atoms with Crippen LogP contribution in [0.25, 0.3) is 40.0 Å². The number of hydrogen-bond donors (Lipinski definition) is 0. The first-order chi connectivity index (χ1) is 25.9. The minimum Gasteiger partial charge on any atom is -0.463 e. The third-order valence-electron chi connectivity index (χ3n) is 9.08. The number of carbonyl (C=O) groups is 1. The zero-order valence-corrected chi connectivity index (χ0v) is 30.9. The minimum atomic E-state index is -0.913. The summed E-state index contributed by atoms with van der Waals surface area (Å²) in [7, 11) is 0. The van der Waals surface area contributed by atoms with Gasteiger partial charge >= 0.3 is 5.97 Å². The number of ether oxygens (including phenoxy) is 1. The average Bonchev–Trinajstić information content (AvgIpc) is 3.72. The highest BCUT2D eigenvalue weighted by atomic mass is 79.9. The second kappa shape index (κ2) is 14.6. The first kappa shape index (κ1) is 34.2. The molecule has 260 valence electrons. The Morgan fingerprint density at radius 3 is 2.06 bits per heavy atom. The third-order valence-corrected chi connectivity index (χ3v) is 10.6. The summed E-state index contributed by atoms with van der Waals surface area (Å²) >= 11 is 4.83. The molecule has 0 radical (unpaired) electrons. The molecule has 9 heteroatoms. The number of hydrogen-bond acceptors (Lipinski definition) is 5. The highest BCUT2D eigenvalue weighted by molar-refractivity contribution is 9.10. The summed E-state index contributed by atoms with van der Waals surface area (Å²) in [5, 5.41) is 0. The van der Waals surface area contributed by atoms with E-state index in [0.29, 0.717) is 26.2 Å². The van der Waals surface area contributed by atoms with Crippen LogP contribution in [-0.4, -0.2) is 21.7 Å². The topological polar surface area (TPSA) is 65.6 Å². The van der Waals surface area contributed by atoms with Crippen molar-refractivity contribution in [2.24, 2.45) is 4.99 Å². The molecule has 1 aliphatic rings. The average molecular weight is 781 g/mol. The molecule has 0 saturated heterocycles. The molecule has 8 rings (SSSR count). The fourth-order valence-corrected chi connectivity index (χ4v) is 8.01. The lowest BCUT2D eigenvalue weighted by atomic mass is 9.93. The second-order valence-electron chi connectivity index (χ2n) is 12.4. The van der Waals surface area contributed by atoms with Crippen LogP contribution >= 0.6 is 27.3 Å². The molecule has 0 amide bonds. The van der Waals surface area contributed by atoms with Crippen molar-refractivity contribution in [1.82, 2.24) is 9.13 Å². The van der Waals surface area contributed by atoms with Crippen LogP contribution in [0.1, 0.15) is 29.7 Å². The monoisotopic (exact) mass is 779 g/mol. The van der Waals surface area contributed by atoms with E-state index < -0.39 is 17.8 Å². The molecule has 5 aromatic carbocycles. The van der Waals surface area contributed by atoms with E-state index in [0.717, 1.165) is 38.2 Å². The Morgan fingerprint density at radius 2 is 1.43 bits per heavy atom. The van der Waals surface area contributed by atoms with Crippen LogP contribution in [-0.2, 0) is 9.53 Å². The highest BCUT2D eigenvalue weighted by Gasteiger charge is 2.35. The third kappa shape index (κ3) is 6.54. The van der Waals surface area contributed by atoms with Gasteiger partial charge in [-0.1, -0.05) is 130 Å². The SMILES string of the molecule is CCOC(=O)C1=C(c2ccccc2)N=c2s/c(=C\c3cc(-c4ccccc4)n(-c4ccc(Br)cc4)c3-c3ccccc3)c(=O)n2[C@H]1c1ccc(F)cc1. The maximum atomic E-state index is 14.8. The predicted octanol–water partition coefficient (Wildman–Crippen LogP) is 8.96. The summed E-state index contributed by atoms with van der Waals surface area (Å²) in [5.41, 5.74) is 7.17. The molecule has 1 aliphatic heterocycles. The summed E-state index contributed by atoms with van der Waals surface area (Å²) < 4.78 is 25.0. The molecule has 7 aromatic rings. The van der Waals surface area contributed by atoms with E-state index in [1.807, 2.05) is 84.9 Å². The number of nitrogens with zero attached hydrogens (tertiary/aromatic N) is 3. The first-order valence-corrected chi connectivity index (χ1v) is 18.7. The Hall–Kier alpha value is -5.90. The fraction of sp³-hybridized carbons (Fsp3) is 0.0682. The predicted molar refractivity (Wildman–Crippen MR) is 212 cm³/mol. The number of carbonyl (C=O) groups excluding carboxylic acids is 1. The van der Waals surface area contributed by atoms with Crippen molar-refractivity contribution in [3.05, 3.63) is 198 Å².